The fourth-order valence-electron chi connectivity index (χ4n) is 3.09. The number of hydrogen-bond acceptors (Lipinski definition) is 2. The molecular weight excluding hydrogens is 212 g/mol. The van der Waals surface area contributed by atoms with Gasteiger partial charge in [-0.2, -0.15) is 5.10 Å². The molecule has 1 fully saturated rings. The van der Waals surface area contributed by atoms with E-state index in [2.05, 4.69) is 39.7 Å². The Morgan fingerprint density at radius 2 is 2.06 bits per heavy atom. The van der Waals surface area contributed by atoms with Crippen molar-refractivity contribution in [1.29, 1.82) is 0 Å². The summed E-state index contributed by atoms with van der Waals surface area (Å²) in [6.45, 7) is 11.4. The molecule has 0 radical (unpaired) electrons. The van der Waals surface area contributed by atoms with Gasteiger partial charge in [-0.15, -0.1) is 0 Å². The Bertz CT molecular complexity index is 461. The van der Waals surface area contributed by atoms with E-state index in [0.717, 1.165) is 18.7 Å². The van der Waals surface area contributed by atoms with Crippen LogP contribution in [0, 0.1) is 19.3 Å². The Morgan fingerprint density at radius 3 is 2.47 bits per heavy atom. The normalized spacial score (nSPS) is 28.3. The zero-order chi connectivity index (χ0) is 12.8. The minimum Gasteiger partial charge on any atom is -0.299 e. The molecule has 1 aliphatic rings. The first-order valence-electron chi connectivity index (χ1n) is 6.52. The van der Waals surface area contributed by atoms with E-state index in [0.29, 0.717) is 18.1 Å². The number of nitrogens with zero attached hydrogens (tertiary/aromatic N) is 2. The number of carbonyl (C=O) groups excluding carboxylic acids is 1. The van der Waals surface area contributed by atoms with Gasteiger partial charge in [-0.3, -0.25) is 9.48 Å². The molecule has 94 valence electrons. The van der Waals surface area contributed by atoms with Crippen molar-refractivity contribution in [2.24, 2.45) is 5.41 Å². The topological polar surface area (TPSA) is 34.9 Å². The van der Waals surface area contributed by atoms with Crippen molar-refractivity contribution in [2.75, 3.05) is 0 Å². The van der Waals surface area contributed by atoms with E-state index in [9.17, 15) is 4.79 Å². The molecule has 2 rings (SSSR count). The smallest absolute Gasteiger partial charge is 0.140 e. The van der Waals surface area contributed by atoms with Crippen molar-refractivity contribution < 1.29 is 4.79 Å². The largest absolute Gasteiger partial charge is 0.299 e. The number of Topliss-reactive ketones (excluding diaryl/α,β-unsaturated/α-hetero) is 1. The zero-order valence-electron chi connectivity index (χ0n) is 11.5. The second-order valence-corrected chi connectivity index (χ2v) is 5.35. The molecule has 0 aliphatic heterocycles. The Hall–Kier alpha value is -1.12. The first kappa shape index (κ1) is 12.3. The van der Waals surface area contributed by atoms with Crippen LogP contribution in [0.25, 0.3) is 0 Å². The first-order chi connectivity index (χ1) is 7.95. The van der Waals surface area contributed by atoms with Crippen LogP contribution in [0.4, 0.5) is 0 Å². The van der Waals surface area contributed by atoms with E-state index >= 15 is 0 Å². The summed E-state index contributed by atoms with van der Waals surface area (Å²) >= 11 is 0. The summed E-state index contributed by atoms with van der Waals surface area (Å²) in [6, 6.07) is 0. The van der Waals surface area contributed by atoms with E-state index in [1.54, 1.807) is 0 Å². The van der Waals surface area contributed by atoms with Crippen LogP contribution in [0.2, 0.25) is 0 Å². The number of aromatic nitrogens is 2. The molecule has 3 nitrogen and oxygen atoms in total. The second kappa shape index (κ2) is 3.97. The summed E-state index contributed by atoms with van der Waals surface area (Å²) in [7, 11) is 0. The average Bonchev–Trinajstić information content (AvgIpc) is 2.60. The Kier molecular flexibility index (Phi) is 2.88. The standard InChI is InChI=1S/C14H22N2O/c1-6-14(5)11(8-12(14)17)13-9(3)15-16(7-2)10(13)4/h11H,6-8H2,1-5H3. The lowest BCUT2D eigenvalue weighted by Gasteiger charge is -2.45. The molecule has 0 N–H and O–H groups in total. The van der Waals surface area contributed by atoms with Crippen LogP contribution in [0.5, 0.6) is 0 Å². The quantitative estimate of drug-likeness (QED) is 0.806. The van der Waals surface area contributed by atoms with Gasteiger partial charge in [-0.25, -0.2) is 0 Å². The maximum absolute atomic E-state index is 11.8. The third-order valence-corrected chi connectivity index (χ3v) is 4.62. The third kappa shape index (κ3) is 1.55. The summed E-state index contributed by atoms with van der Waals surface area (Å²) in [4.78, 5) is 11.8. The number of aryl methyl sites for hydroxylation is 2. The monoisotopic (exact) mass is 234 g/mol. The Morgan fingerprint density at radius 1 is 1.41 bits per heavy atom. The predicted molar refractivity (Wildman–Crippen MR) is 68.1 cm³/mol. The van der Waals surface area contributed by atoms with Gasteiger partial charge in [0, 0.05) is 35.6 Å². The van der Waals surface area contributed by atoms with Crippen LogP contribution in [0.1, 0.15) is 56.5 Å². The van der Waals surface area contributed by atoms with Crippen molar-refractivity contribution >= 4 is 5.78 Å². The molecule has 2 atom stereocenters. The lowest BCUT2D eigenvalue weighted by atomic mass is 9.56. The van der Waals surface area contributed by atoms with Gasteiger partial charge in [0.05, 0.1) is 5.69 Å². The molecule has 2 unspecified atom stereocenters. The first-order valence-corrected chi connectivity index (χ1v) is 6.52. The highest BCUT2D eigenvalue weighted by Crippen LogP contribution is 2.53. The Labute approximate surface area is 103 Å². The number of hydrogen-bond donors (Lipinski definition) is 0. The van der Waals surface area contributed by atoms with E-state index in [1.165, 1.54) is 11.3 Å². The maximum atomic E-state index is 11.8. The van der Waals surface area contributed by atoms with Gasteiger partial charge in [-0.1, -0.05) is 13.8 Å². The summed E-state index contributed by atoms with van der Waals surface area (Å²) in [5.74, 6) is 0.786. The van der Waals surface area contributed by atoms with E-state index in [-0.39, 0.29) is 5.41 Å². The fourth-order valence-corrected chi connectivity index (χ4v) is 3.09. The maximum Gasteiger partial charge on any atom is 0.140 e. The SMILES string of the molecule is CCn1nc(C)c(C2CC(=O)C2(C)CC)c1C. The van der Waals surface area contributed by atoms with Crippen LogP contribution in [0.15, 0.2) is 0 Å². The molecule has 0 bridgehead atoms. The molecule has 1 aliphatic carbocycles. The van der Waals surface area contributed by atoms with Gasteiger partial charge >= 0.3 is 0 Å². The zero-order valence-corrected chi connectivity index (χ0v) is 11.5. The van der Waals surface area contributed by atoms with Crippen LogP contribution in [-0.2, 0) is 11.3 Å². The number of ketones is 1. The van der Waals surface area contributed by atoms with Gasteiger partial charge < -0.3 is 0 Å². The molecule has 3 heteroatoms. The molecule has 0 saturated heterocycles. The Balaban J connectivity index is 2.43. The van der Waals surface area contributed by atoms with Crippen molar-refractivity contribution in [1.82, 2.24) is 9.78 Å². The van der Waals surface area contributed by atoms with Crippen LogP contribution in [0.3, 0.4) is 0 Å². The van der Waals surface area contributed by atoms with Gasteiger partial charge in [0.1, 0.15) is 5.78 Å². The van der Waals surface area contributed by atoms with Gasteiger partial charge in [0.2, 0.25) is 0 Å². The predicted octanol–water partition coefficient (Wildman–Crippen LogP) is 2.99. The third-order valence-electron chi connectivity index (χ3n) is 4.62. The average molecular weight is 234 g/mol. The molecular formula is C14H22N2O. The molecule has 0 amide bonds. The number of carbonyl (C=O) groups is 1. The van der Waals surface area contributed by atoms with Crippen molar-refractivity contribution in [3.63, 3.8) is 0 Å². The molecule has 0 aromatic carbocycles. The lowest BCUT2D eigenvalue weighted by molar-refractivity contribution is -0.139. The summed E-state index contributed by atoms with van der Waals surface area (Å²) in [6.07, 6.45) is 1.62. The summed E-state index contributed by atoms with van der Waals surface area (Å²) in [5.41, 5.74) is 3.50. The highest BCUT2D eigenvalue weighted by molar-refractivity contribution is 5.93. The highest BCUT2D eigenvalue weighted by Gasteiger charge is 2.51. The molecule has 1 aromatic rings. The van der Waals surface area contributed by atoms with Crippen LogP contribution < -0.4 is 0 Å². The van der Waals surface area contributed by atoms with Crippen molar-refractivity contribution in [3.05, 3.63) is 17.0 Å². The summed E-state index contributed by atoms with van der Waals surface area (Å²) < 4.78 is 2.05. The molecule has 1 saturated carbocycles. The fraction of sp³-hybridized carbons (Fsp3) is 0.714. The molecule has 1 aromatic heterocycles. The van der Waals surface area contributed by atoms with Gasteiger partial charge in [0.25, 0.3) is 0 Å². The second-order valence-electron chi connectivity index (χ2n) is 5.35. The van der Waals surface area contributed by atoms with E-state index in [4.69, 9.17) is 0 Å². The van der Waals surface area contributed by atoms with Crippen LogP contribution >= 0.6 is 0 Å². The lowest BCUT2D eigenvalue weighted by Crippen LogP contribution is -2.45. The van der Waals surface area contributed by atoms with Crippen molar-refractivity contribution in [2.45, 2.75) is 59.9 Å². The van der Waals surface area contributed by atoms with Gasteiger partial charge in [-0.05, 0) is 27.2 Å². The molecule has 17 heavy (non-hydrogen) atoms. The highest BCUT2D eigenvalue weighted by atomic mass is 16.1. The van der Waals surface area contributed by atoms with Crippen molar-refractivity contribution in [3.8, 4) is 0 Å². The minimum absolute atomic E-state index is 0.156. The summed E-state index contributed by atoms with van der Waals surface area (Å²) in [5, 5.41) is 4.56. The van der Waals surface area contributed by atoms with E-state index in [1.807, 2.05) is 4.68 Å². The molecule has 1 heterocycles. The van der Waals surface area contributed by atoms with E-state index < -0.39 is 0 Å². The molecule has 0 spiro atoms. The van der Waals surface area contributed by atoms with Gasteiger partial charge in [0.15, 0.2) is 0 Å². The van der Waals surface area contributed by atoms with Crippen LogP contribution in [-0.4, -0.2) is 15.6 Å². The minimum atomic E-state index is -0.156. The number of rotatable bonds is 3.